The zero-order valence-electron chi connectivity index (χ0n) is 12.2. The van der Waals surface area contributed by atoms with Gasteiger partial charge in [-0.15, -0.1) is 0 Å². The number of carboxylic acid groups (broad SMARTS) is 1. The van der Waals surface area contributed by atoms with Gasteiger partial charge in [-0.05, 0) is 51.1 Å². The monoisotopic (exact) mass is 299 g/mol. The number of halogens is 1. The Morgan fingerprint density at radius 1 is 1.35 bits per heavy atom. The largest absolute Gasteiger partial charge is 0.494 e. The highest BCUT2D eigenvalue weighted by molar-refractivity contribution is 6.30. The fourth-order valence-corrected chi connectivity index (χ4v) is 2.07. The molecule has 0 aliphatic rings. The Hall–Kier alpha value is -1.26. The number of rotatable bonds is 8. The van der Waals surface area contributed by atoms with Crippen LogP contribution >= 0.6 is 11.6 Å². The Bertz CT molecular complexity index is 431. The van der Waals surface area contributed by atoms with Crippen LogP contribution in [-0.4, -0.2) is 41.2 Å². The molecule has 0 saturated carbocycles. The SMILES string of the molecule is CCN(CCCOc1ccc(Cl)cc1)C(C)(C)C(=O)O. The van der Waals surface area contributed by atoms with Crippen LogP contribution in [0.5, 0.6) is 5.75 Å². The van der Waals surface area contributed by atoms with E-state index in [4.69, 9.17) is 16.3 Å². The second kappa shape index (κ2) is 7.50. The van der Waals surface area contributed by atoms with Crippen LogP contribution in [-0.2, 0) is 4.79 Å². The highest BCUT2D eigenvalue weighted by Crippen LogP contribution is 2.17. The maximum atomic E-state index is 11.2. The van der Waals surface area contributed by atoms with Gasteiger partial charge in [-0.2, -0.15) is 0 Å². The molecule has 0 aliphatic carbocycles. The molecule has 5 heteroatoms. The van der Waals surface area contributed by atoms with Crippen LogP contribution in [0.1, 0.15) is 27.2 Å². The molecule has 20 heavy (non-hydrogen) atoms. The number of carboxylic acids is 1. The first-order valence-corrected chi connectivity index (χ1v) is 7.12. The van der Waals surface area contributed by atoms with Gasteiger partial charge >= 0.3 is 5.97 Å². The average molecular weight is 300 g/mol. The molecule has 112 valence electrons. The van der Waals surface area contributed by atoms with Crippen molar-refractivity contribution in [1.29, 1.82) is 0 Å². The summed E-state index contributed by atoms with van der Waals surface area (Å²) in [6.45, 7) is 7.33. The highest BCUT2D eigenvalue weighted by Gasteiger charge is 2.32. The first-order chi connectivity index (χ1) is 9.37. The zero-order chi connectivity index (χ0) is 15.2. The van der Waals surface area contributed by atoms with Crippen molar-refractivity contribution in [2.75, 3.05) is 19.7 Å². The summed E-state index contributed by atoms with van der Waals surface area (Å²) < 4.78 is 5.60. The van der Waals surface area contributed by atoms with Crippen LogP contribution in [0, 0.1) is 0 Å². The van der Waals surface area contributed by atoms with Gasteiger partial charge in [-0.3, -0.25) is 9.69 Å². The maximum Gasteiger partial charge on any atom is 0.323 e. The number of nitrogens with zero attached hydrogens (tertiary/aromatic N) is 1. The Balaban J connectivity index is 2.39. The van der Waals surface area contributed by atoms with Crippen LogP contribution in [0.15, 0.2) is 24.3 Å². The third-order valence-electron chi connectivity index (χ3n) is 3.35. The molecule has 1 aromatic carbocycles. The van der Waals surface area contributed by atoms with Crippen molar-refractivity contribution in [2.45, 2.75) is 32.7 Å². The van der Waals surface area contributed by atoms with Crippen molar-refractivity contribution in [3.05, 3.63) is 29.3 Å². The predicted molar refractivity (Wildman–Crippen MR) is 80.5 cm³/mol. The molecule has 0 bridgehead atoms. The first-order valence-electron chi connectivity index (χ1n) is 6.74. The summed E-state index contributed by atoms with van der Waals surface area (Å²) in [5.74, 6) is -0.0343. The second-order valence-electron chi connectivity index (χ2n) is 5.10. The molecular formula is C15H22ClNO3. The summed E-state index contributed by atoms with van der Waals surface area (Å²) >= 11 is 5.80. The lowest BCUT2D eigenvalue weighted by Gasteiger charge is -2.34. The van der Waals surface area contributed by atoms with Crippen molar-refractivity contribution in [3.8, 4) is 5.75 Å². The summed E-state index contributed by atoms with van der Waals surface area (Å²) in [7, 11) is 0. The van der Waals surface area contributed by atoms with E-state index in [1.54, 1.807) is 26.0 Å². The maximum absolute atomic E-state index is 11.2. The third kappa shape index (κ3) is 4.69. The Labute approximate surface area is 125 Å². The molecule has 1 aromatic rings. The number of benzene rings is 1. The van der Waals surface area contributed by atoms with E-state index >= 15 is 0 Å². The van der Waals surface area contributed by atoms with Gasteiger partial charge < -0.3 is 9.84 Å². The molecule has 0 unspecified atom stereocenters. The molecule has 4 nitrogen and oxygen atoms in total. The molecule has 0 fully saturated rings. The van der Waals surface area contributed by atoms with Crippen LogP contribution in [0.2, 0.25) is 5.02 Å². The third-order valence-corrected chi connectivity index (χ3v) is 3.60. The van der Waals surface area contributed by atoms with E-state index in [1.165, 1.54) is 0 Å². The Morgan fingerprint density at radius 2 is 1.95 bits per heavy atom. The van der Waals surface area contributed by atoms with Gasteiger partial charge in [0.2, 0.25) is 0 Å². The predicted octanol–water partition coefficient (Wildman–Crippen LogP) is 3.29. The fourth-order valence-electron chi connectivity index (χ4n) is 1.94. The summed E-state index contributed by atoms with van der Waals surface area (Å²) in [6.07, 6.45) is 0.771. The summed E-state index contributed by atoms with van der Waals surface area (Å²) in [6, 6.07) is 7.20. The number of hydrogen-bond acceptors (Lipinski definition) is 3. The molecule has 1 N–H and O–H groups in total. The van der Waals surface area contributed by atoms with Gasteiger partial charge in [0.1, 0.15) is 11.3 Å². The zero-order valence-corrected chi connectivity index (χ0v) is 13.0. The van der Waals surface area contributed by atoms with E-state index < -0.39 is 11.5 Å². The van der Waals surface area contributed by atoms with Crippen LogP contribution in [0.4, 0.5) is 0 Å². The summed E-state index contributed by atoms with van der Waals surface area (Å²) in [4.78, 5) is 13.2. The van der Waals surface area contributed by atoms with E-state index in [2.05, 4.69) is 0 Å². The van der Waals surface area contributed by atoms with Crippen molar-refractivity contribution in [1.82, 2.24) is 4.90 Å². The number of aliphatic carboxylic acids is 1. The standard InChI is InChI=1S/C15H22ClNO3/c1-4-17(15(2,3)14(18)19)10-5-11-20-13-8-6-12(16)7-9-13/h6-9H,4-5,10-11H2,1-3H3,(H,18,19). The smallest absolute Gasteiger partial charge is 0.323 e. The lowest BCUT2D eigenvalue weighted by Crippen LogP contribution is -2.50. The van der Waals surface area contributed by atoms with Gasteiger partial charge in [0.05, 0.1) is 6.61 Å². The van der Waals surface area contributed by atoms with E-state index in [9.17, 15) is 9.90 Å². The first kappa shape index (κ1) is 16.8. The minimum Gasteiger partial charge on any atom is -0.494 e. The van der Waals surface area contributed by atoms with E-state index in [1.807, 2.05) is 24.0 Å². The lowest BCUT2D eigenvalue weighted by atomic mass is 10.0. The molecule has 0 radical (unpaired) electrons. The molecule has 0 aliphatic heterocycles. The number of hydrogen-bond donors (Lipinski definition) is 1. The number of ether oxygens (including phenoxy) is 1. The molecule has 0 saturated heterocycles. The van der Waals surface area contributed by atoms with E-state index in [0.717, 1.165) is 12.2 Å². The average Bonchev–Trinajstić information content (AvgIpc) is 2.40. The number of carbonyl (C=O) groups is 1. The van der Waals surface area contributed by atoms with Crippen molar-refractivity contribution >= 4 is 17.6 Å². The van der Waals surface area contributed by atoms with Crippen molar-refractivity contribution in [3.63, 3.8) is 0 Å². The Morgan fingerprint density at radius 3 is 2.45 bits per heavy atom. The minimum absolute atomic E-state index is 0.549. The quantitative estimate of drug-likeness (QED) is 0.748. The fraction of sp³-hybridized carbons (Fsp3) is 0.533. The van der Waals surface area contributed by atoms with Crippen LogP contribution in [0.25, 0.3) is 0 Å². The topological polar surface area (TPSA) is 49.8 Å². The van der Waals surface area contributed by atoms with Gasteiger partial charge in [0.25, 0.3) is 0 Å². The molecule has 0 spiro atoms. The van der Waals surface area contributed by atoms with Crippen molar-refractivity contribution < 1.29 is 14.6 Å². The molecule has 1 rings (SSSR count). The van der Waals surface area contributed by atoms with Gasteiger partial charge in [-0.1, -0.05) is 18.5 Å². The van der Waals surface area contributed by atoms with Crippen molar-refractivity contribution in [2.24, 2.45) is 0 Å². The molecule has 0 heterocycles. The normalized spacial score (nSPS) is 11.7. The minimum atomic E-state index is -0.852. The van der Waals surface area contributed by atoms with Gasteiger partial charge in [0, 0.05) is 11.6 Å². The van der Waals surface area contributed by atoms with E-state index in [0.29, 0.717) is 24.7 Å². The van der Waals surface area contributed by atoms with Crippen LogP contribution < -0.4 is 4.74 Å². The van der Waals surface area contributed by atoms with Gasteiger partial charge in [0.15, 0.2) is 0 Å². The van der Waals surface area contributed by atoms with Gasteiger partial charge in [-0.25, -0.2) is 0 Å². The second-order valence-corrected chi connectivity index (χ2v) is 5.54. The Kier molecular flexibility index (Phi) is 6.30. The molecule has 0 aromatic heterocycles. The summed E-state index contributed by atoms with van der Waals surface area (Å²) in [5, 5.41) is 9.90. The number of likely N-dealkylation sites (N-methyl/N-ethyl adjacent to an activating group) is 1. The molecule has 0 atom stereocenters. The molecular weight excluding hydrogens is 278 g/mol. The van der Waals surface area contributed by atoms with E-state index in [-0.39, 0.29) is 0 Å². The lowest BCUT2D eigenvalue weighted by molar-refractivity contribution is -0.149. The highest BCUT2D eigenvalue weighted by atomic mass is 35.5. The molecule has 0 amide bonds. The van der Waals surface area contributed by atoms with Crippen LogP contribution in [0.3, 0.4) is 0 Å². The summed E-state index contributed by atoms with van der Waals surface area (Å²) in [5.41, 5.74) is -0.852.